The van der Waals surface area contributed by atoms with Gasteiger partial charge >= 0.3 is 0 Å². The van der Waals surface area contributed by atoms with Crippen molar-refractivity contribution in [2.24, 2.45) is 5.73 Å². The number of benzene rings is 1. The van der Waals surface area contributed by atoms with E-state index in [2.05, 4.69) is 29.1 Å². The Hall–Kier alpha value is -1.85. The van der Waals surface area contributed by atoms with E-state index in [4.69, 9.17) is 5.73 Å². The molecule has 0 unspecified atom stereocenters. The molecule has 0 saturated heterocycles. The van der Waals surface area contributed by atoms with Gasteiger partial charge in [-0.05, 0) is 12.5 Å². The van der Waals surface area contributed by atoms with E-state index in [0.717, 1.165) is 28.9 Å². The van der Waals surface area contributed by atoms with E-state index in [1.165, 1.54) is 0 Å². The van der Waals surface area contributed by atoms with Crippen LogP contribution in [0.2, 0.25) is 0 Å². The first-order valence-electron chi connectivity index (χ1n) is 6.45. The molecule has 0 spiro atoms. The highest BCUT2D eigenvalue weighted by molar-refractivity contribution is 7.59. The molecule has 1 aromatic carbocycles. The first kappa shape index (κ1) is 17.2. The molecule has 0 aliphatic heterocycles. The summed E-state index contributed by atoms with van der Waals surface area (Å²) in [6, 6.07) is 12.1. The van der Waals surface area contributed by atoms with Gasteiger partial charge in [0.15, 0.2) is 5.65 Å². The average molecular weight is 302 g/mol. The molecule has 0 radical (unpaired) electrons. The van der Waals surface area contributed by atoms with Gasteiger partial charge in [-0.2, -0.15) is 18.6 Å². The van der Waals surface area contributed by atoms with Crippen LogP contribution in [0.4, 0.5) is 0 Å². The number of hydrogen-bond donors (Lipinski definition) is 1. The summed E-state index contributed by atoms with van der Waals surface area (Å²) in [5.41, 5.74) is 10.1. The van der Waals surface area contributed by atoms with E-state index in [0.29, 0.717) is 0 Å². The maximum absolute atomic E-state index is 6.22. The van der Waals surface area contributed by atoms with E-state index in [1.54, 1.807) is 10.7 Å². The molecule has 0 aliphatic carbocycles. The summed E-state index contributed by atoms with van der Waals surface area (Å²) < 4.78 is 1.79. The Kier molecular flexibility index (Phi) is 5.93. The summed E-state index contributed by atoms with van der Waals surface area (Å²) in [6.45, 7) is 2.08. The maximum atomic E-state index is 6.22. The van der Waals surface area contributed by atoms with E-state index in [1.807, 2.05) is 30.5 Å². The number of hydrogen-bond acceptors (Lipinski definition) is 3. The fraction of sp³-hybridized carbons (Fsp3) is 0.250. The summed E-state index contributed by atoms with van der Waals surface area (Å²) in [4.78, 5) is 4.28. The Bertz CT molecular complexity index is 694. The Labute approximate surface area is 132 Å². The normalized spacial score (nSPS) is 11.5. The maximum Gasteiger partial charge on any atom is 0.153 e. The summed E-state index contributed by atoms with van der Waals surface area (Å²) >= 11 is 0. The predicted octanol–water partition coefficient (Wildman–Crippen LogP) is 3.56. The molecule has 2 aromatic heterocycles. The van der Waals surface area contributed by atoms with Gasteiger partial charge in [0.1, 0.15) is 0 Å². The molecule has 1 atom stereocenters. The third kappa shape index (κ3) is 3.25. The van der Waals surface area contributed by atoms with Crippen LogP contribution in [0, 0.1) is 0 Å². The standard InChI is InChI=1S/C15H16N4.CH4.H2S/c1-2-13(16)12-10-14-17-8-9-19(14)18-15(12)11-6-4-3-5-7-11;;/h3-10,13H,2,16H2,1H3;1H4;1H2/t13-;;/m0../s1. The van der Waals surface area contributed by atoms with Gasteiger partial charge in [0.05, 0.1) is 5.69 Å². The molecular weight excluding hydrogens is 280 g/mol. The fourth-order valence-corrected chi connectivity index (χ4v) is 2.19. The smallest absolute Gasteiger partial charge is 0.153 e. The second-order valence-electron chi connectivity index (χ2n) is 4.56. The number of nitrogens with zero attached hydrogens (tertiary/aromatic N) is 3. The first-order chi connectivity index (χ1) is 9.29. The molecule has 2 heterocycles. The highest BCUT2D eigenvalue weighted by atomic mass is 32.1. The zero-order valence-corrected chi connectivity index (χ0v) is 12.3. The van der Waals surface area contributed by atoms with Crippen molar-refractivity contribution in [3.63, 3.8) is 0 Å². The zero-order valence-electron chi connectivity index (χ0n) is 11.3. The first-order valence-corrected chi connectivity index (χ1v) is 6.45. The summed E-state index contributed by atoms with van der Waals surface area (Å²) in [5, 5.41) is 4.65. The number of rotatable bonds is 3. The second kappa shape index (κ2) is 7.24. The van der Waals surface area contributed by atoms with Crippen molar-refractivity contribution in [1.29, 1.82) is 0 Å². The summed E-state index contributed by atoms with van der Waals surface area (Å²) in [5.74, 6) is 0. The SMILES string of the molecule is C.CC[C@H](N)c1cc2nccn2nc1-c1ccccc1.S. The van der Waals surface area contributed by atoms with Crippen molar-refractivity contribution in [3.8, 4) is 11.3 Å². The lowest BCUT2D eigenvalue weighted by atomic mass is 9.99. The number of aromatic nitrogens is 3. The van der Waals surface area contributed by atoms with Crippen molar-refractivity contribution in [2.75, 3.05) is 0 Å². The van der Waals surface area contributed by atoms with Gasteiger partial charge in [0.25, 0.3) is 0 Å². The van der Waals surface area contributed by atoms with Crippen LogP contribution in [0.25, 0.3) is 16.9 Å². The van der Waals surface area contributed by atoms with Gasteiger partial charge in [-0.25, -0.2) is 9.50 Å². The Balaban J connectivity index is 0.00000110. The van der Waals surface area contributed by atoms with Crippen LogP contribution in [0.3, 0.4) is 0 Å². The molecular formula is C16H22N4S. The minimum absolute atomic E-state index is 0. The zero-order chi connectivity index (χ0) is 13.2. The number of imidazole rings is 1. The van der Waals surface area contributed by atoms with Gasteiger partial charge in [-0.1, -0.05) is 44.7 Å². The van der Waals surface area contributed by atoms with Crippen LogP contribution in [0.15, 0.2) is 48.8 Å². The quantitative estimate of drug-likeness (QED) is 0.805. The lowest BCUT2D eigenvalue weighted by Gasteiger charge is -2.14. The minimum atomic E-state index is -0.0237. The molecule has 5 heteroatoms. The summed E-state index contributed by atoms with van der Waals surface area (Å²) in [6.07, 6.45) is 4.47. The molecule has 2 N–H and O–H groups in total. The van der Waals surface area contributed by atoms with Gasteiger partial charge < -0.3 is 5.73 Å². The largest absolute Gasteiger partial charge is 0.324 e. The molecule has 4 nitrogen and oxygen atoms in total. The van der Waals surface area contributed by atoms with E-state index in [-0.39, 0.29) is 27.0 Å². The van der Waals surface area contributed by atoms with Crippen molar-refractivity contribution in [1.82, 2.24) is 14.6 Å². The van der Waals surface area contributed by atoms with Crippen molar-refractivity contribution < 1.29 is 0 Å². The van der Waals surface area contributed by atoms with Crippen LogP contribution < -0.4 is 5.73 Å². The highest BCUT2D eigenvalue weighted by Crippen LogP contribution is 2.27. The lowest BCUT2D eigenvalue weighted by Crippen LogP contribution is -2.12. The van der Waals surface area contributed by atoms with Crippen LogP contribution in [0.5, 0.6) is 0 Å². The molecule has 0 bridgehead atoms. The summed E-state index contributed by atoms with van der Waals surface area (Å²) in [7, 11) is 0. The van der Waals surface area contributed by atoms with Crippen molar-refractivity contribution >= 4 is 19.1 Å². The van der Waals surface area contributed by atoms with E-state index >= 15 is 0 Å². The number of nitrogens with two attached hydrogens (primary N) is 1. The molecule has 0 fully saturated rings. The molecule has 0 aliphatic rings. The predicted molar refractivity (Wildman–Crippen MR) is 92.8 cm³/mol. The van der Waals surface area contributed by atoms with Crippen LogP contribution >= 0.6 is 13.5 Å². The van der Waals surface area contributed by atoms with Crippen LogP contribution in [0.1, 0.15) is 32.4 Å². The fourth-order valence-electron chi connectivity index (χ4n) is 2.19. The van der Waals surface area contributed by atoms with E-state index in [9.17, 15) is 0 Å². The third-order valence-corrected chi connectivity index (χ3v) is 3.30. The van der Waals surface area contributed by atoms with Crippen LogP contribution in [-0.2, 0) is 0 Å². The second-order valence-corrected chi connectivity index (χ2v) is 4.56. The van der Waals surface area contributed by atoms with Gasteiger partial charge in [0, 0.05) is 29.6 Å². The molecule has 3 rings (SSSR count). The van der Waals surface area contributed by atoms with E-state index < -0.39 is 0 Å². The molecule has 21 heavy (non-hydrogen) atoms. The molecule has 112 valence electrons. The van der Waals surface area contributed by atoms with Gasteiger partial charge in [-0.15, -0.1) is 0 Å². The third-order valence-electron chi connectivity index (χ3n) is 3.30. The van der Waals surface area contributed by atoms with Gasteiger partial charge in [-0.3, -0.25) is 0 Å². The number of fused-ring (bicyclic) bond motifs is 1. The molecule has 0 saturated carbocycles. The highest BCUT2D eigenvalue weighted by Gasteiger charge is 2.14. The van der Waals surface area contributed by atoms with Crippen molar-refractivity contribution in [2.45, 2.75) is 26.8 Å². The monoisotopic (exact) mass is 302 g/mol. The molecule has 3 aromatic rings. The average Bonchev–Trinajstić information content (AvgIpc) is 2.93. The topological polar surface area (TPSA) is 56.2 Å². The Morgan fingerprint density at radius 3 is 2.62 bits per heavy atom. The van der Waals surface area contributed by atoms with Crippen molar-refractivity contribution in [3.05, 3.63) is 54.4 Å². The minimum Gasteiger partial charge on any atom is -0.324 e. The Morgan fingerprint density at radius 2 is 1.95 bits per heavy atom. The lowest BCUT2D eigenvalue weighted by molar-refractivity contribution is 0.692. The Morgan fingerprint density at radius 1 is 1.24 bits per heavy atom. The molecule has 0 amide bonds. The van der Waals surface area contributed by atoms with Gasteiger partial charge in [0.2, 0.25) is 0 Å². The van der Waals surface area contributed by atoms with Crippen LogP contribution in [-0.4, -0.2) is 14.6 Å².